The van der Waals surface area contributed by atoms with Crippen LogP contribution in [0.4, 0.5) is 5.69 Å². The molecule has 1 fully saturated rings. The Hall–Kier alpha value is -2.30. The third kappa shape index (κ3) is 4.65. The third-order valence-corrected chi connectivity index (χ3v) is 8.66. The quantitative estimate of drug-likeness (QED) is 0.706. The van der Waals surface area contributed by atoms with Crippen LogP contribution < -0.4 is 10.2 Å². The van der Waals surface area contributed by atoms with Crippen LogP contribution in [-0.2, 0) is 26.2 Å². The van der Waals surface area contributed by atoms with Gasteiger partial charge < -0.3 is 14.6 Å². The number of fused-ring (bicyclic) bond motifs is 1. The largest absolute Gasteiger partial charge is 0.467 e. The van der Waals surface area contributed by atoms with Crippen molar-refractivity contribution < 1.29 is 22.4 Å². The molecule has 0 aliphatic carbocycles. The van der Waals surface area contributed by atoms with Gasteiger partial charge >= 0.3 is 0 Å². The summed E-state index contributed by atoms with van der Waals surface area (Å²) in [5, 5.41) is 2.75. The number of thioether (sulfide) groups is 1. The van der Waals surface area contributed by atoms with E-state index in [1.54, 1.807) is 24.3 Å². The minimum absolute atomic E-state index is 0.150. The fourth-order valence-electron chi connectivity index (χ4n) is 3.70. The molecule has 0 saturated carbocycles. The van der Waals surface area contributed by atoms with E-state index in [1.165, 1.54) is 33.3 Å². The number of benzene rings is 1. The van der Waals surface area contributed by atoms with E-state index < -0.39 is 10.0 Å². The number of amides is 2. The van der Waals surface area contributed by atoms with E-state index in [-0.39, 0.29) is 35.7 Å². The molecule has 31 heavy (non-hydrogen) atoms. The molecule has 1 atom stereocenters. The maximum Gasteiger partial charge on any atom is 0.243 e. The summed E-state index contributed by atoms with van der Waals surface area (Å²) in [7, 11) is -3.63. The Labute approximate surface area is 186 Å². The van der Waals surface area contributed by atoms with Gasteiger partial charge in [-0.2, -0.15) is 4.31 Å². The Morgan fingerprint density at radius 2 is 2.03 bits per heavy atom. The molecule has 0 unspecified atom stereocenters. The van der Waals surface area contributed by atoms with Crippen molar-refractivity contribution in [2.24, 2.45) is 5.92 Å². The van der Waals surface area contributed by atoms with Crippen LogP contribution in [0.15, 0.2) is 50.8 Å². The van der Waals surface area contributed by atoms with Gasteiger partial charge in [-0.1, -0.05) is 6.92 Å². The highest BCUT2D eigenvalue weighted by molar-refractivity contribution is 7.99. The molecule has 2 amide bonds. The first-order valence-electron chi connectivity index (χ1n) is 10.2. The van der Waals surface area contributed by atoms with Crippen molar-refractivity contribution >= 4 is 39.3 Å². The Bertz CT molecular complexity index is 1060. The summed E-state index contributed by atoms with van der Waals surface area (Å²) < 4.78 is 32.8. The number of sulfonamides is 1. The molecular formula is C21H25N3O5S2. The number of anilines is 1. The zero-order valence-corrected chi connectivity index (χ0v) is 18.9. The van der Waals surface area contributed by atoms with Gasteiger partial charge in [-0.25, -0.2) is 8.42 Å². The molecule has 1 aromatic heterocycles. The van der Waals surface area contributed by atoms with E-state index in [4.69, 9.17) is 4.42 Å². The van der Waals surface area contributed by atoms with Crippen molar-refractivity contribution in [2.75, 3.05) is 30.3 Å². The summed E-state index contributed by atoms with van der Waals surface area (Å²) >= 11 is 1.50. The second-order valence-corrected chi connectivity index (χ2v) is 10.7. The summed E-state index contributed by atoms with van der Waals surface area (Å²) in [6.45, 7) is 2.85. The van der Waals surface area contributed by atoms with Gasteiger partial charge in [0.2, 0.25) is 21.8 Å². The summed E-state index contributed by atoms with van der Waals surface area (Å²) in [4.78, 5) is 28.0. The molecule has 0 spiro atoms. The molecule has 3 heterocycles. The maximum absolute atomic E-state index is 13.0. The lowest BCUT2D eigenvalue weighted by molar-refractivity contribution is -0.125. The zero-order valence-electron chi connectivity index (χ0n) is 17.2. The van der Waals surface area contributed by atoms with Crippen LogP contribution in [0.3, 0.4) is 0 Å². The first-order valence-corrected chi connectivity index (χ1v) is 12.7. The molecule has 2 aromatic rings. The molecule has 2 aliphatic heterocycles. The van der Waals surface area contributed by atoms with Crippen LogP contribution in [-0.4, -0.2) is 49.9 Å². The van der Waals surface area contributed by atoms with Crippen LogP contribution in [0.2, 0.25) is 0 Å². The molecule has 1 aromatic carbocycles. The van der Waals surface area contributed by atoms with Gasteiger partial charge in [0, 0.05) is 29.7 Å². The number of nitrogens with one attached hydrogen (secondary N) is 1. The number of hydrogen-bond donors (Lipinski definition) is 1. The Morgan fingerprint density at radius 1 is 1.26 bits per heavy atom. The van der Waals surface area contributed by atoms with Crippen molar-refractivity contribution in [2.45, 2.75) is 36.1 Å². The van der Waals surface area contributed by atoms with Crippen LogP contribution in [0.5, 0.6) is 0 Å². The highest BCUT2D eigenvalue weighted by atomic mass is 32.2. The average molecular weight is 464 g/mol. The number of carbonyl (C=O) groups excluding carboxylic acids is 2. The second-order valence-electron chi connectivity index (χ2n) is 7.73. The maximum atomic E-state index is 13.0. The number of nitrogens with zero attached hydrogens (tertiary/aromatic N) is 2. The predicted octanol–water partition coefficient (Wildman–Crippen LogP) is 2.46. The third-order valence-electron chi connectivity index (χ3n) is 5.44. The average Bonchev–Trinajstić information content (AvgIpc) is 3.46. The standard InChI is InChI=1S/C21H25N3O5S2/c1-15-14-30-19-7-6-17(31(27,28)23-8-2-3-9-23)11-18(19)24(21(15)26)13-20(25)22-12-16-5-4-10-29-16/h4-7,10-11,15H,2-3,8-9,12-14H2,1H3,(H,22,25)/t15-/m0/s1. The SMILES string of the molecule is C[C@H]1CSc2ccc(S(=O)(=O)N3CCCC3)cc2N(CC(=O)NCc2ccco2)C1=O. The Morgan fingerprint density at radius 3 is 2.74 bits per heavy atom. The Kier molecular flexibility index (Phi) is 6.40. The molecule has 4 rings (SSSR count). The summed E-state index contributed by atoms with van der Waals surface area (Å²) in [6.07, 6.45) is 3.22. The normalized spacial score (nSPS) is 19.8. The molecular weight excluding hydrogens is 438 g/mol. The second kappa shape index (κ2) is 9.05. The van der Waals surface area contributed by atoms with E-state index in [0.29, 0.717) is 30.3 Å². The first kappa shape index (κ1) is 21.9. The van der Waals surface area contributed by atoms with Crippen molar-refractivity contribution in [3.8, 4) is 0 Å². The van der Waals surface area contributed by atoms with E-state index in [2.05, 4.69) is 5.32 Å². The summed E-state index contributed by atoms with van der Waals surface area (Å²) in [5.41, 5.74) is 0.466. The smallest absolute Gasteiger partial charge is 0.243 e. The lowest BCUT2D eigenvalue weighted by Crippen LogP contribution is -2.43. The zero-order chi connectivity index (χ0) is 22.0. The van der Waals surface area contributed by atoms with E-state index >= 15 is 0 Å². The van der Waals surface area contributed by atoms with Crippen LogP contribution >= 0.6 is 11.8 Å². The van der Waals surface area contributed by atoms with Gasteiger partial charge in [0.1, 0.15) is 12.3 Å². The van der Waals surface area contributed by atoms with Gasteiger partial charge in [-0.3, -0.25) is 9.59 Å². The monoisotopic (exact) mass is 463 g/mol. The number of furan rings is 1. The van der Waals surface area contributed by atoms with Crippen LogP contribution in [0.25, 0.3) is 0 Å². The Balaban J connectivity index is 1.61. The number of hydrogen-bond acceptors (Lipinski definition) is 6. The van der Waals surface area contributed by atoms with Gasteiger partial charge in [-0.15, -0.1) is 11.8 Å². The van der Waals surface area contributed by atoms with E-state index in [1.807, 2.05) is 6.92 Å². The van der Waals surface area contributed by atoms with Gasteiger partial charge in [0.05, 0.1) is 23.4 Å². The molecule has 8 nitrogen and oxygen atoms in total. The highest BCUT2D eigenvalue weighted by Crippen LogP contribution is 2.38. The lowest BCUT2D eigenvalue weighted by atomic mass is 10.1. The molecule has 0 radical (unpaired) electrons. The molecule has 0 bridgehead atoms. The minimum atomic E-state index is -3.63. The lowest BCUT2D eigenvalue weighted by Gasteiger charge is -2.25. The predicted molar refractivity (Wildman–Crippen MR) is 117 cm³/mol. The number of carbonyl (C=O) groups is 2. The van der Waals surface area contributed by atoms with E-state index in [0.717, 1.165) is 17.7 Å². The number of rotatable bonds is 6. The first-order chi connectivity index (χ1) is 14.9. The molecule has 2 aliphatic rings. The van der Waals surface area contributed by atoms with Gasteiger partial charge in [0.25, 0.3) is 0 Å². The van der Waals surface area contributed by atoms with Gasteiger partial charge in [0.15, 0.2) is 0 Å². The van der Waals surface area contributed by atoms with Crippen molar-refractivity contribution in [3.63, 3.8) is 0 Å². The fraction of sp³-hybridized carbons (Fsp3) is 0.429. The van der Waals surface area contributed by atoms with E-state index in [9.17, 15) is 18.0 Å². The molecule has 1 saturated heterocycles. The fourth-order valence-corrected chi connectivity index (χ4v) is 6.29. The van der Waals surface area contributed by atoms with Crippen molar-refractivity contribution in [1.82, 2.24) is 9.62 Å². The summed E-state index contributed by atoms with van der Waals surface area (Å²) in [5.74, 6) is 0.333. The molecule has 1 N–H and O–H groups in total. The van der Waals surface area contributed by atoms with Crippen LogP contribution in [0.1, 0.15) is 25.5 Å². The van der Waals surface area contributed by atoms with Crippen LogP contribution in [0, 0.1) is 5.92 Å². The highest BCUT2D eigenvalue weighted by Gasteiger charge is 2.33. The molecule has 166 valence electrons. The van der Waals surface area contributed by atoms with Crippen molar-refractivity contribution in [1.29, 1.82) is 0 Å². The summed E-state index contributed by atoms with van der Waals surface area (Å²) in [6, 6.07) is 8.35. The van der Waals surface area contributed by atoms with Crippen molar-refractivity contribution in [3.05, 3.63) is 42.4 Å². The minimum Gasteiger partial charge on any atom is -0.467 e. The topological polar surface area (TPSA) is 99.9 Å². The molecule has 10 heteroatoms. The van der Waals surface area contributed by atoms with Gasteiger partial charge in [-0.05, 0) is 43.2 Å².